The van der Waals surface area contributed by atoms with Crippen molar-refractivity contribution in [3.63, 3.8) is 0 Å². The van der Waals surface area contributed by atoms with Crippen LogP contribution in [-0.4, -0.2) is 51.6 Å². The Hall–Kier alpha value is -1.17. The monoisotopic (exact) mass is 286 g/mol. The number of urea groups is 1. The summed E-state index contributed by atoms with van der Waals surface area (Å²) in [7, 11) is 0. The Morgan fingerprint density at radius 1 is 1.53 bits per heavy atom. The van der Waals surface area contributed by atoms with E-state index in [0.29, 0.717) is 13.1 Å². The van der Waals surface area contributed by atoms with Crippen molar-refractivity contribution in [2.75, 3.05) is 18.8 Å². The molecule has 1 aliphatic heterocycles. The highest BCUT2D eigenvalue weighted by molar-refractivity contribution is 8.00. The maximum absolute atomic E-state index is 12.1. The van der Waals surface area contributed by atoms with Gasteiger partial charge in [0.2, 0.25) is 0 Å². The SMILES string of the molecule is C=CCC(NC(=O)N1CCSC(C)(C)CC1)C(=O)O. The highest BCUT2D eigenvalue weighted by Gasteiger charge is 2.27. The van der Waals surface area contributed by atoms with Gasteiger partial charge in [-0.1, -0.05) is 19.9 Å². The van der Waals surface area contributed by atoms with Crippen LogP contribution in [0.25, 0.3) is 0 Å². The number of rotatable bonds is 4. The average Bonchev–Trinajstić information content (AvgIpc) is 2.49. The van der Waals surface area contributed by atoms with E-state index in [-0.39, 0.29) is 17.2 Å². The van der Waals surface area contributed by atoms with Gasteiger partial charge in [-0.15, -0.1) is 6.58 Å². The molecule has 5 nitrogen and oxygen atoms in total. The second-order valence-corrected chi connectivity index (χ2v) is 7.01. The number of thioether (sulfide) groups is 1. The molecular formula is C13H22N2O3S. The molecule has 0 saturated carbocycles. The van der Waals surface area contributed by atoms with Gasteiger partial charge in [-0.05, 0) is 12.8 Å². The summed E-state index contributed by atoms with van der Waals surface area (Å²) in [5.74, 6) is -0.155. The van der Waals surface area contributed by atoms with Gasteiger partial charge in [0.25, 0.3) is 0 Å². The molecule has 1 fully saturated rings. The number of hydrogen-bond acceptors (Lipinski definition) is 3. The van der Waals surface area contributed by atoms with Crippen LogP contribution < -0.4 is 5.32 Å². The minimum atomic E-state index is -1.03. The van der Waals surface area contributed by atoms with Crippen molar-refractivity contribution < 1.29 is 14.7 Å². The van der Waals surface area contributed by atoms with Crippen LogP contribution in [0.5, 0.6) is 0 Å². The Labute approximate surface area is 118 Å². The Kier molecular flexibility index (Phi) is 5.72. The summed E-state index contributed by atoms with van der Waals surface area (Å²) >= 11 is 1.84. The van der Waals surface area contributed by atoms with E-state index in [4.69, 9.17) is 5.11 Å². The summed E-state index contributed by atoms with van der Waals surface area (Å²) < 4.78 is 0.169. The van der Waals surface area contributed by atoms with E-state index >= 15 is 0 Å². The van der Waals surface area contributed by atoms with Crippen LogP contribution in [0.4, 0.5) is 4.79 Å². The molecule has 0 spiro atoms. The molecule has 108 valence electrons. The first-order valence-corrected chi connectivity index (χ1v) is 7.37. The molecule has 1 rings (SSSR count). The van der Waals surface area contributed by atoms with E-state index in [1.807, 2.05) is 11.8 Å². The third-order valence-corrected chi connectivity index (χ3v) is 4.50. The van der Waals surface area contributed by atoms with Crippen molar-refractivity contribution in [3.05, 3.63) is 12.7 Å². The molecule has 0 bridgehead atoms. The van der Waals surface area contributed by atoms with E-state index in [0.717, 1.165) is 12.2 Å². The first kappa shape index (κ1) is 15.9. The number of hydrogen-bond donors (Lipinski definition) is 2. The van der Waals surface area contributed by atoms with Crippen LogP contribution in [-0.2, 0) is 4.79 Å². The molecule has 19 heavy (non-hydrogen) atoms. The van der Waals surface area contributed by atoms with Crippen molar-refractivity contribution >= 4 is 23.8 Å². The van der Waals surface area contributed by atoms with Gasteiger partial charge >= 0.3 is 12.0 Å². The lowest BCUT2D eigenvalue weighted by atomic mass is 10.1. The van der Waals surface area contributed by atoms with Gasteiger partial charge in [0.05, 0.1) is 0 Å². The fourth-order valence-electron chi connectivity index (χ4n) is 1.85. The van der Waals surface area contributed by atoms with Crippen LogP contribution >= 0.6 is 11.8 Å². The standard InChI is InChI=1S/C13H22N2O3S/c1-4-5-10(11(16)17)14-12(18)15-7-6-13(2,3)19-9-8-15/h4,10H,1,5-9H2,2-3H3,(H,14,18)(H,16,17). The van der Waals surface area contributed by atoms with Crippen molar-refractivity contribution in [1.29, 1.82) is 0 Å². The Bertz CT molecular complexity index is 358. The zero-order valence-corrected chi connectivity index (χ0v) is 12.3. The van der Waals surface area contributed by atoms with E-state index in [1.54, 1.807) is 4.90 Å². The third kappa shape index (κ3) is 5.14. The fourth-order valence-corrected chi connectivity index (χ4v) is 2.95. The molecule has 0 aromatic carbocycles. The molecular weight excluding hydrogens is 264 g/mol. The minimum Gasteiger partial charge on any atom is -0.480 e. The number of nitrogens with one attached hydrogen (secondary N) is 1. The summed E-state index contributed by atoms with van der Waals surface area (Å²) in [6.45, 7) is 9.14. The molecule has 2 N–H and O–H groups in total. The van der Waals surface area contributed by atoms with Crippen molar-refractivity contribution in [2.45, 2.75) is 37.5 Å². The number of aliphatic carboxylic acids is 1. The molecule has 1 saturated heterocycles. The number of carboxylic acid groups (broad SMARTS) is 1. The van der Waals surface area contributed by atoms with Crippen molar-refractivity contribution in [3.8, 4) is 0 Å². The quantitative estimate of drug-likeness (QED) is 0.775. The maximum atomic E-state index is 12.1. The maximum Gasteiger partial charge on any atom is 0.326 e. The average molecular weight is 286 g/mol. The molecule has 1 unspecified atom stereocenters. The van der Waals surface area contributed by atoms with E-state index in [1.165, 1.54) is 6.08 Å². The number of carbonyl (C=O) groups is 2. The van der Waals surface area contributed by atoms with Crippen LogP contribution in [0.2, 0.25) is 0 Å². The van der Waals surface area contributed by atoms with Crippen molar-refractivity contribution in [2.24, 2.45) is 0 Å². The summed E-state index contributed by atoms with van der Waals surface area (Å²) in [4.78, 5) is 24.7. The van der Waals surface area contributed by atoms with E-state index in [9.17, 15) is 9.59 Å². The lowest BCUT2D eigenvalue weighted by Gasteiger charge is -2.24. The van der Waals surface area contributed by atoms with Gasteiger partial charge in [-0.25, -0.2) is 9.59 Å². The molecule has 1 atom stereocenters. The molecule has 1 aliphatic rings. The second kappa shape index (κ2) is 6.84. The van der Waals surface area contributed by atoms with Gasteiger partial charge in [0.1, 0.15) is 6.04 Å². The molecule has 0 radical (unpaired) electrons. The van der Waals surface area contributed by atoms with Crippen molar-refractivity contribution in [1.82, 2.24) is 10.2 Å². The lowest BCUT2D eigenvalue weighted by molar-refractivity contribution is -0.139. The largest absolute Gasteiger partial charge is 0.480 e. The number of carbonyl (C=O) groups excluding carboxylic acids is 1. The molecule has 2 amide bonds. The van der Waals surface area contributed by atoms with Crippen LogP contribution in [0.3, 0.4) is 0 Å². The van der Waals surface area contributed by atoms with Gasteiger partial charge in [0.15, 0.2) is 0 Å². The molecule has 0 aromatic rings. The normalized spacial score (nSPS) is 20.2. The minimum absolute atomic E-state index is 0.169. The predicted molar refractivity (Wildman–Crippen MR) is 77.5 cm³/mol. The fraction of sp³-hybridized carbons (Fsp3) is 0.692. The van der Waals surface area contributed by atoms with Gasteiger partial charge in [-0.2, -0.15) is 11.8 Å². The highest BCUT2D eigenvalue weighted by Crippen LogP contribution is 2.30. The third-order valence-electron chi connectivity index (χ3n) is 3.12. The summed E-state index contributed by atoms with van der Waals surface area (Å²) in [6.07, 6.45) is 2.64. The van der Waals surface area contributed by atoms with Gasteiger partial charge in [0, 0.05) is 23.6 Å². The molecule has 1 heterocycles. The summed E-state index contributed by atoms with van der Waals surface area (Å²) in [5.41, 5.74) is 0. The van der Waals surface area contributed by atoms with Crippen LogP contribution in [0, 0.1) is 0 Å². The van der Waals surface area contributed by atoms with Crippen LogP contribution in [0.1, 0.15) is 26.7 Å². The first-order chi connectivity index (χ1) is 8.85. The summed E-state index contributed by atoms with van der Waals surface area (Å²) in [6, 6.07) is -1.19. The lowest BCUT2D eigenvalue weighted by Crippen LogP contribution is -2.48. The second-order valence-electron chi connectivity index (χ2n) is 5.21. The number of carboxylic acids is 1. The Morgan fingerprint density at radius 3 is 2.79 bits per heavy atom. The van der Waals surface area contributed by atoms with Gasteiger partial charge in [-0.3, -0.25) is 0 Å². The molecule has 0 aliphatic carbocycles. The van der Waals surface area contributed by atoms with Crippen LogP contribution in [0.15, 0.2) is 12.7 Å². The molecule has 0 aromatic heterocycles. The zero-order valence-electron chi connectivity index (χ0n) is 11.5. The smallest absolute Gasteiger partial charge is 0.326 e. The van der Waals surface area contributed by atoms with E-state index in [2.05, 4.69) is 25.7 Å². The first-order valence-electron chi connectivity index (χ1n) is 6.39. The highest BCUT2D eigenvalue weighted by atomic mass is 32.2. The Morgan fingerprint density at radius 2 is 2.21 bits per heavy atom. The van der Waals surface area contributed by atoms with Gasteiger partial charge < -0.3 is 15.3 Å². The topological polar surface area (TPSA) is 69.6 Å². The number of nitrogens with zero attached hydrogens (tertiary/aromatic N) is 1. The number of amides is 2. The predicted octanol–water partition coefficient (Wildman–Crippen LogP) is 1.94. The summed E-state index contributed by atoms with van der Waals surface area (Å²) in [5, 5.41) is 11.6. The van der Waals surface area contributed by atoms with E-state index < -0.39 is 12.0 Å². The Balaban J connectivity index is 2.57. The molecule has 6 heteroatoms. The zero-order chi connectivity index (χ0) is 14.5.